The van der Waals surface area contributed by atoms with Crippen LogP contribution in [-0.4, -0.2) is 31.5 Å². The van der Waals surface area contributed by atoms with Gasteiger partial charge in [0.25, 0.3) is 5.56 Å². The fraction of sp³-hybridized carbons (Fsp3) is 0.455. The van der Waals surface area contributed by atoms with Gasteiger partial charge in [0.1, 0.15) is 11.6 Å². The SMILES string of the molecule is COCCOCCn1cccc(C#N)c1=O. The van der Waals surface area contributed by atoms with E-state index in [2.05, 4.69) is 0 Å². The first-order valence-electron chi connectivity index (χ1n) is 4.96. The highest BCUT2D eigenvalue weighted by Crippen LogP contribution is 1.90. The summed E-state index contributed by atoms with van der Waals surface area (Å²) in [5, 5.41) is 8.67. The molecule has 1 aromatic rings. The third kappa shape index (κ3) is 3.50. The Bertz CT molecular complexity index is 420. The minimum Gasteiger partial charge on any atom is -0.382 e. The molecule has 0 unspecified atom stereocenters. The van der Waals surface area contributed by atoms with Crippen molar-refractivity contribution in [3.63, 3.8) is 0 Å². The summed E-state index contributed by atoms with van der Waals surface area (Å²) in [5.74, 6) is 0. The van der Waals surface area contributed by atoms with Crippen molar-refractivity contribution < 1.29 is 9.47 Å². The molecule has 1 rings (SSSR count). The summed E-state index contributed by atoms with van der Waals surface area (Å²) in [4.78, 5) is 11.6. The van der Waals surface area contributed by atoms with Crippen LogP contribution < -0.4 is 5.56 Å². The van der Waals surface area contributed by atoms with Crippen LogP contribution in [0.1, 0.15) is 5.56 Å². The minimum absolute atomic E-state index is 0.152. The molecule has 1 aromatic heterocycles. The average molecular weight is 222 g/mol. The van der Waals surface area contributed by atoms with E-state index in [4.69, 9.17) is 14.7 Å². The summed E-state index contributed by atoms with van der Waals surface area (Å²) in [5.41, 5.74) is -0.125. The first-order valence-corrected chi connectivity index (χ1v) is 4.96. The molecule has 0 aliphatic rings. The van der Waals surface area contributed by atoms with E-state index in [-0.39, 0.29) is 11.1 Å². The van der Waals surface area contributed by atoms with E-state index in [1.807, 2.05) is 6.07 Å². The molecule has 0 bridgehead atoms. The number of pyridine rings is 1. The molecule has 0 amide bonds. The second-order valence-corrected chi connectivity index (χ2v) is 3.14. The van der Waals surface area contributed by atoms with Crippen molar-refractivity contribution in [2.45, 2.75) is 6.54 Å². The molecule has 16 heavy (non-hydrogen) atoms. The lowest BCUT2D eigenvalue weighted by atomic mass is 10.3. The highest BCUT2D eigenvalue weighted by atomic mass is 16.5. The van der Waals surface area contributed by atoms with Gasteiger partial charge in [-0.1, -0.05) is 0 Å². The number of hydrogen-bond donors (Lipinski definition) is 0. The fourth-order valence-electron chi connectivity index (χ4n) is 1.21. The Morgan fingerprint density at radius 3 is 2.94 bits per heavy atom. The molecule has 5 heteroatoms. The second kappa shape index (κ2) is 6.77. The predicted molar refractivity (Wildman–Crippen MR) is 58.1 cm³/mol. The topological polar surface area (TPSA) is 64.2 Å². The van der Waals surface area contributed by atoms with Gasteiger partial charge in [0.15, 0.2) is 0 Å². The van der Waals surface area contributed by atoms with E-state index in [9.17, 15) is 4.79 Å². The van der Waals surface area contributed by atoms with E-state index < -0.39 is 0 Å². The van der Waals surface area contributed by atoms with Crippen LogP contribution in [0.25, 0.3) is 0 Å². The number of hydrogen-bond acceptors (Lipinski definition) is 4. The standard InChI is InChI=1S/C11H14N2O3/c1-15-7-8-16-6-5-13-4-2-3-10(9-12)11(13)14/h2-4H,5-8H2,1H3. The molecule has 86 valence electrons. The normalized spacial score (nSPS) is 10.0. The van der Waals surface area contributed by atoms with Crippen LogP contribution >= 0.6 is 0 Å². The van der Waals surface area contributed by atoms with Gasteiger partial charge in [-0.15, -0.1) is 0 Å². The Morgan fingerprint density at radius 2 is 2.25 bits per heavy atom. The maximum atomic E-state index is 11.6. The van der Waals surface area contributed by atoms with Crippen molar-refractivity contribution in [2.75, 3.05) is 26.9 Å². The molecule has 0 saturated heterocycles. The lowest BCUT2D eigenvalue weighted by Gasteiger charge is -2.06. The molecule has 5 nitrogen and oxygen atoms in total. The third-order valence-electron chi connectivity index (χ3n) is 2.05. The van der Waals surface area contributed by atoms with Gasteiger partial charge in [0.05, 0.1) is 19.8 Å². The van der Waals surface area contributed by atoms with Crippen LogP contribution in [0, 0.1) is 11.3 Å². The molecule has 0 aliphatic carbocycles. The van der Waals surface area contributed by atoms with Crippen LogP contribution in [0.5, 0.6) is 0 Å². The maximum Gasteiger partial charge on any atom is 0.268 e. The van der Waals surface area contributed by atoms with Crippen LogP contribution in [0.3, 0.4) is 0 Å². The molecule has 0 radical (unpaired) electrons. The van der Waals surface area contributed by atoms with Crippen molar-refractivity contribution >= 4 is 0 Å². The molecule has 0 aromatic carbocycles. The molecule has 0 spiro atoms. The smallest absolute Gasteiger partial charge is 0.268 e. The Morgan fingerprint density at radius 1 is 1.44 bits per heavy atom. The van der Waals surface area contributed by atoms with Crippen LogP contribution in [0.4, 0.5) is 0 Å². The predicted octanol–water partition coefficient (Wildman–Crippen LogP) is 0.383. The highest BCUT2D eigenvalue weighted by Gasteiger charge is 2.01. The zero-order valence-corrected chi connectivity index (χ0v) is 9.18. The van der Waals surface area contributed by atoms with Crippen molar-refractivity contribution in [1.29, 1.82) is 5.26 Å². The summed E-state index contributed by atoms with van der Waals surface area (Å²) in [6.07, 6.45) is 1.64. The Labute approximate surface area is 93.8 Å². The van der Waals surface area contributed by atoms with Crippen molar-refractivity contribution in [3.8, 4) is 6.07 Å². The Hall–Kier alpha value is -1.64. The Kier molecular flexibility index (Phi) is 5.26. The van der Waals surface area contributed by atoms with Crippen LogP contribution in [0.2, 0.25) is 0 Å². The Balaban J connectivity index is 2.49. The van der Waals surface area contributed by atoms with Gasteiger partial charge in [-0.05, 0) is 12.1 Å². The monoisotopic (exact) mass is 222 g/mol. The van der Waals surface area contributed by atoms with Crippen molar-refractivity contribution in [3.05, 3.63) is 34.2 Å². The molecule has 0 saturated carbocycles. The molecular weight excluding hydrogens is 208 g/mol. The lowest BCUT2D eigenvalue weighted by molar-refractivity contribution is 0.0662. The molecular formula is C11H14N2O3. The van der Waals surface area contributed by atoms with Crippen LogP contribution in [0.15, 0.2) is 23.1 Å². The number of rotatable bonds is 6. The van der Waals surface area contributed by atoms with Crippen LogP contribution in [-0.2, 0) is 16.0 Å². The summed E-state index contributed by atoms with van der Waals surface area (Å²) < 4.78 is 11.5. The van der Waals surface area contributed by atoms with Gasteiger partial charge in [-0.3, -0.25) is 4.79 Å². The number of nitrogens with zero attached hydrogens (tertiary/aromatic N) is 2. The maximum absolute atomic E-state index is 11.6. The largest absolute Gasteiger partial charge is 0.382 e. The zero-order valence-electron chi connectivity index (χ0n) is 9.18. The molecule has 0 aliphatic heterocycles. The first-order chi connectivity index (χ1) is 7.79. The van der Waals surface area contributed by atoms with Gasteiger partial charge in [0.2, 0.25) is 0 Å². The quantitative estimate of drug-likeness (QED) is 0.653. The summed E-state index contributed by atoms with van der Waals surface area (Å²) in [7, 11) is 1.60. The van der Waals surface area contributed by atoms with E-state index in [0.29, 0.717) is 26.4 Å². The van der Waals surface area contributed by atoms with Gasteiger partial charge in [0, 0.05) is 19.9 Å². The molecule has 0 fully saturated rings. The zero-order chi connectivity index (χ0) is 11.8. The van der Waals surface area contributed by atoms with E-state index in [1.54, 1.807) is 19.4 Å². The number of aromatic nitrogens is 1. The molecule has 0 atom stereocenters. The second-order valence-electron chi connectivity index (χ2n) is 3.14. The van der Waals surface area contributed by atoms with Gasteiger partial charge >= 0.3 is 0 Å². The van der Waals surface area contributed by atoms with Gasteiger partial charge < -0.3 is 14.0 Å². The fourth-order valence-corrected chi connectivity index (χ4v) is 1.21. The number of ether oxygens (including phenoxy) is 2. The molecule has 1 heterocycles. The van der Waals surface area contributed by atoms with Gasteiger partial charge in [-0.2, -0.15) is 5.26 Å². The third-order valence-corrected chi connectivity index (χ3v) is 2.05. The van der Waals surface area contributed by atoms with Crippen molar-refractivity contribution in [2.24, 2.45) is 0 Å². The summed E-state index contributed by atoms with van der Waals surface area (Å²) >= 11 is 0. The molecule has 0 N–H and O–H groups in total. The lowest BCUT2D eigenvalue weighted by Crippen LogP contribution is -2.24. The van der Waals surface area contributed by atoms with E-state index in [0.717, 1.165) is 0 Å². The number of methoxy groups -OCH3 is 1. The summed E-state index contributed by atoms with van der Waals surface area (Å²) in [6.45, 7) is 1.91. The van der Waals surface area contributed by atoms with E-state index in [1.165, 1.54) is 10.6 Å². The number of nitriles is 1. The van der Waals surface area contributed by atoms with E-state index >= 15 is 0 Å². The highest BCUT2D eigenvalue weighted by molar-refractivity contribution is 5.24. The van der Waals surface area contributed by atoms with Gasteiger partial charge in [-0.25, -0.2) is 0 Å². The first kappa shape index (κ1) is 12.4. The van der Waals surface area contributed by atoms with Crippen molar-refractivity contribution in [1.82, 2.24) is 4.57 Å². The average Bonchev–Trinajstić information content (AvgIpc) is 2.31. The summed E-state index contributed by atoms with van der Waals surface area (Å²) in [6, 6.07) is 5.03. The minimum atomic E-state index is -0.277.